The van der Waals surface area contributed by atoms with Gasteiger partial charge in [-0.05, 0) is 73.0 Å². The van der Waals surface area contributed by atoms with Crippen molar-refractivity contribution in [3.8, 4) is 16.9 Å². The van der Waals surface area contributed by atoms with Gasteiger partial charge in [0.25, 0.3) is 5.91 Å². The third kappa shape index (κ3) is 8.43. The lowest BCUT2D eigenvalue weighted by Gasteiger charge is -2.22. The summed E-state index contributed by atoms with van der Waals surface area (Å²) in [5.41, 5.74) is 10.3. The number of nitrogens with two attached hydrogens (primary N) is 1. The summed E-state index contributed by atoms with van der Waals surface area (Å²) in [4.78, 5) is 25.8. The van der Waals surface area contributed by atoms with Crippen LogP contribution in [0.4, 0.5) is 0 Å². The van der Waals surface area contributed by atoms with Crippen molar-refractivity contribution in [1.82, 2.24) is 10.2 Å². The maximum atomic E-state index is 12.8. The fraction of sp³-hybridized carbons (Fsp3) is 0.355. The number of aliphatic carboxylic acids is 1. The Hall–Kier alpha value is -3.68. The molecule has 0 aliphatic rings. The van der Waals surface area contributed by atoms with Crippen molar-refractivity contribution in [3.05, 3.63) is 89.5 Å². The Morgan fingerprint density at radius 1 is 0.921 bits per heavy atom. The highest BCUT2D eigenvalue weighted by molar-refractivity contribution is 5.94. The normalized spacial score (nSPS) is 12.8. The highest BCUT2D eigenvalue weighted by Gasteiger charge is 2.18. The minimum Gasteiger partial charge on any atom is -0.492 e. The Kier molecular flexibility index (Phi) is 10.4. The minimum atomic E-state index is -1.04. The Labute approximate surface area is 225 Å². The van der Waals surface area contributed by atoms with E-state index in [9.17, 15) is 9.59 Å². The molecule has 1 amide bonds. The number of nitrogens with one attached hydrogen (secondary N) is 1. The van der Waals surface area contributed by atoms with Crippen LogP contribution in [0.25, 0.3) is 11.1 Å². The van der Waals surface area contributed by atoms with Crippen LogP contribution in [0.15, 0.2) is 72.8 Å². The Bertz CT molecular complexity index is 1170. The molecule has 0 bridgehead atoms. The number of benzene rings is 3. The van der Waals surface area contributed by atoms with Crippen LogP contribution in [0.3, 0.4) is 0 Å². The SMILES string of the molecule is CC(C)[C@@H](CNC(=O)c1ccc(C[C@@H](N)C(=O)O)cc1)c1ccc(-c2ccc(OCCN(C)C)cc2)cc1. The van der Waals surface area contributed by atoms with E-state index in [1.54, 1.807) is 24.3 Å². The predicted molar refractivity (Wildman–Crippen MR) is 152 cm³/mol. The molecule has 4 N–H and O–H groups in total. The molecule has 2 atom stereocenters. The molecule has 0 aliphatic heterocycles. The van der Waals surface area contributed by atoms with Gasteiger partial charge in [-0.2, -0.15) is 0 Å². The molecule has 0 saturated carbocycles. The molecule has 0 radical (unpaired) electrons. The van der Waals surface area contributed by atoms with Crippen molar-refractivity contribution >= 4 is 11.9 Å². The summed E-state index contributed by atoms with van der Waals surface area (Å²) in [7, 11) is 4.05. The number of carbonyl (C=O) groups excluding carboxylic acids is 1. The Balaban J connectivity index is 1.59. The second-order valence-electron chi connectivity index (χ2n) is 10.2. The molecule has 0 unspecified atom stereocenters. The standard InChI is InChI=1S/C31H39N3O4/c1-21(2)28(20-33-30(35)26-7-5-22(6-8-26)19-29(32)31(36)37)25-11-9-23(10-12-25)24-13-15-27(16-14-24)38-18-17-34(3)4/h5-16,21,28-29H,17-20,32H2,1-4H3,(H,33,35)(H,36,37)/t28-,29-/m1/s1. The first kappa shape index (κ1) is 28.9. The summed E-state index contributed by atoms with van der Waals surface area (Å²) in [6, 6.07) is 22.6. The third-order valence-electron chi connectivity index (χ3n) is 6.61. The first-order valence-corrected chi connectivity index (χ1v) is 13.0. The van der Waals surface area contributed by atoms with Gasteiger partial charge in [0.05, 0.1) is 0 Å². The quantitative estimate of drug-likeness (QED) is 0.310. The first-order chi connectivity index (χ1) is 18.1. The zero-order valence-electron chi connectivity index (χ0n) is 22.7. The third-order valence-corrected chi connectivity index (χ3v) is 6.61. The Morgan fingerprint density at radius 2 is 1.50 bits per heavy atom. The summed E-state index contributed by atoms with van der Waals surface area (Å²) < 4.78 is 5.79. The molecule has 3 rings (SSSR count). The molecule has 0 fully saturated rings. The van der Waals surface area contributed by atoms with E-state index in [0.717, 1.165) is 29.0 Å². The number of nitrogens with zero attached hydrogens (tertiary/aromatic N) is 1. The average molecular weight is 518 g/mol. The van der Waals surface area contributed by atoms with Crippen molar-refractivity contribution in [2.45, 2.75) is 32.2 Å². The van der Waals surface area contributed by atoms with Crippen molar-refractivity contribution < 1.29 is 19.4 Å². The van der Waals surface area contributed by atoms with Gasteiger partial charge in [0.1, 0.15) is 18.4 Å². The van der Waals surface area contributed by atoms with E-state index in [-0.39, 0.29) is 18.2 Å². The number of hydrogen-bond acceptors (Lipinski definition) is 5. The number of likely N-dealkylation sites (N-methyl/N-ethyl adjacent to an activating group) is 1. The Morgan fingerprint density at radius 3 is 2.03 bits per heavy atom. The maximum absolute atomic E-state index is 12.8. The fourth-order valence-corrected chi connectivity index (χ4v) is 4.19. The molecule has 0 heterocycles. The van der Waals surface area contributed by atoms with Crippen molar-refractivity contribution in [2.75, 3.05) is 33.8 Å². The van der Waals surface area contributed by atoms with Crippen LogP contribution in [0.5, 0.6) is 5.75 Å². The number of carboxylic acid groups (broad SMARTS) is 1. The zero-order chi connectivity index (χ0) is 27.7. The van der Waals surface area contributed by atoms with Gasteiger partial charge in [-0.15, -0.1) is 0 Å². The summed E-state index contributed by atoms with van der Waals surface area (Å²) in [5, 5.41) is 12.0. The number of rotatable bonds is 13. The number of hydrogen-bond donors (Lipinski definition) is 3. The van der Waals surface area contributed by atoms with Crippen molar-refractivity contribution in [2.24, 2.45) is 11.7 Å². The lowest BCUT2D eigenvalue weighted by atomic mass is 9.87. The van der Waals surface area contributed by atoms with Crippen LogP contribution in [-0.4, -0.2) is 61.7 Å². The number of carbonyl (C=O) groups is 2. The summed E-state index contributed by atoms with van der Waals surface area (Å²) in [6.07, 6.45) is 0.220. The van der Waals surface area contributed by atoms with E-state index in [1.165, 1.54) is 5.56 Å². The van der Waals surface area contributed by atoms with Gasteiger partial charge in [0.2, 0.25) is 0 Å². The molecule has 7 heteroatoms. The van der Waals surface area contributed by atoms with Gasteiger partial charge in [-0.1, -0.05) is 62.4 Å². The lowest BCUT2D eigenvalue weighted by molar-refractivity contribution is -0.138. The average Bonchev–Trinajstić information content (AvgIpc) is 2.89. The van der Waals surface area contributed by atoms with Crippen LogP contribution in [0.2, 0.25) is 0 Å². The fourth-order valence-electron chi connectivity index (χ4n) is 4.19. The molecular weight excluding hydrogens is 478 g/mol. The van der Waals surface area contributed by atoms with Gasteiger partial charge in [0.15, 0.2) is 0 Å². The largest absolute Gasteiger partial charge is 0.492 e. The van der Waals surface area contributed by atoms with E-state index >= 15 is 0 Å². The maximum Gasteiger partial charge on any atom is 0.320 e. The summed E-state index contributed by atoms with van der Waals surface area (Å²) >= 11 is 0. The monoisotopic (exact) mass is 517 g/mol. The zero-order valence-corrected chi connectivity index (χ0v) is 22.7. The van der Waals surface area contributed by atoms with Gasteiger partial charge in [-0.3, -0.25) is 9.59 Å². The number of amides is 1. The molecule has 0 saturated heterocycles. The lowest BCUT2D eigenvalue weighted by Crippen LogP contribution is -2.32. The number of ether oxygens (including phenoxy) is 1. The molecule has 0 spiro atoms. The van der Waals surface area contributed by atoms with Crippen LogP contribution < -0.4 is 15.8 Å². The molecule has 202 valence electrons. The van der Waals surface area contributed by atoms with Crippen molar-refractivity contribution in [1.29, 1.82) is 0 Å². The molecule has 0 aliphatic carbocycles. The number of carboxylic acids is 1. The van der Waals surface area contributed by atoms with Gasteiger partial charge >= 0.3 is 5.97 Å². The van der Waals surface area contributed by atoms with Gasteiger partial charge in [-0.25, -0.2) is 0 Å². The second-order valence-corrected chi connectivity index (χ2v) is 10.2. The van der Waals surface area contributed by atoms with E-state index in [1.807, 2.05) is 26.2 Å². The van der Waals surface area contributed by atoms with Crippen LogP contribution in [0, 0.1) is 5.92 Å². The van der Waals surface area contributed by atoms with E-state index in [2.05, 4.69) is 60.5 Å². The topological polar surface area (TPSA) is 105 Å². The second kappa shape index (κ2) is 13.7. The molecule has 3 aromatic carbocycles. The van der Waals surface area contributed by atoms with Crippen LogP contribution in [-0.2, 0) is 11.2 Å². The highest BCUT2D eigenvalue weighted by Crippen LogP contribution is 2.28. The van der Waals surface area contributed by atoms with Crippen LogP contribution in [0.1, 0.15) is 41.3 Å². The molecule has 7 nitrogen and oxygen atoms in total. The van der Waals surface area contributed by atoms with Crippen LogP contribution >= 0.6 is 0 Å². The molecule has 0 aromatic heterocycles. The van der Waals surface area contributed by atoms with E-state index < -0.39 is 12.0 Å². The predicted octanol–water partition coefficient (Wildman–Crippen LogP) is 4.42. The van der Waals surface area contributed by atoms with Gasteiger partial charge < -0.3 is 25.8 Å². The minimum absolute atomic E-state index is 0.158. The van der Waals surface area contributed by atoms with Gasteiger partial charge in [0, 0.05) is 24.6 Å². The summed E-state index contributed by atoms with van der Waals surface area (Å²) in [5.74, 6) is 0.154. The first-order valence-electron chi connectivity index (χ1n) is 13.0. The van der Waals surface area contributed by atoms with E-state index in [0.29, 0.717) is 24.6 Å². The van der Waals surface area contributed by atoms with Crippen molar-refractivity contribution in [3.63, 3.8) is 0 Å². The molecule has 38 heavy (non-hydrogen) atoms. The van der Waals surface area contributed by atoms with E-state index in [4.69, 9.17) is 15.6 Å². The highest BCUT2D eigenvalue weighted by atomic mass is 16.5. The molecule has 3 aromatic rings. The smallest absolute Gasteiger partial charge is 0.320 e. The molecular formula is C31H39N3O4. The summed E-state index contributed by atoms with van der Waals surface area (Å²) in [6.45, 7) is 6.35.